The molecule has 0 amide bonds. The highest BCUT2D eigenvalue weighted by molar-refractivity contribution is 5.49. The maximum atomic E-state index is 5.36. The van der Waals surface area contributed by atoms with Gasteiger partial charge < -0.3 is 15.0 Å². The second kappa shape index (κ2) is 6.75. The van der Waals surface area contributed by atoms with Gasteiger partial charge in [0.1, 0.15) is 5.82 Å². The molecule has 4 heteroatoms. The van der Waals surface area contributed by atoms with Crippen molar-refractivity contribution >= 4 is 11.5 Å². The molecular weight excluding hydrogens is 238 g/mol. The molecule has 1 fully saturated rings. The van der Waals surface area contributed by atoms with E-state index in [2.05, 4.69) is 48.1 Å². The molecule has 0 saturated carbocycles. The van der Waals surface area contributed by atoms with Crippen LogP contribution in [0.4, 0.5) is 11.5 Å². The number of nitrogens with zero attached hydrogens (tertiary/aromatic N) is 2. The van der Waals surface area contributed by atoms with E-state index in [0.717, 1.165) is 44.2 Å². The van der Waals surface area contributed by atoms with E-state index < -0.39 is 0 Å². The van der Waals surface area contributed by atoms with Gasteiger partial charge in [-0.2, -0.15) is 0 Å². The van der Waals surface area contributed by atoms with Gasteiger partial charge in [0.2, 0.25) is 0 Å². The number of morpholine rings is 1. The quantitative estimate of drug-likeness (QED) is 0.886. The minimum atomic E-state index is 0.510. The molecule has 1 aliphatic heterocycles. The molecular formula is C15H25N3O. The van der Waals surface area contributed by atoms with Crippen molar-refractivity contribution in [1.29, 1.82) is 0 Å². The van der Waals surface area contributed by atoms with E-state index in [0.29, 0.717) is 12.0 Å². The maximum Gasteiger partial charge on any atom is 0.128 e. The molecule has 4 nitrogen and oxygen atoms in total. The minimum absolute atomic E-state index is 0.510. The highest BCUT2D eigenvalue weighted by Crippen LogP contribution is 2.18. The van der Waals surface area contributed by atoms with Crippen molar-refractivity contribution in [2.45, 2.75) is 33.2 Å². The molecule has 1 N–H and O–H groups in total. The average Bonchev–Trinajstić information content (AvgIpc) is 2.46. The van der Waals surface area contributed by atoms with Gasteiger partial charge >= 0.3 is 0 Å². The zero-order valence-corrected chi connectivity index (χ0v) is 12.2. The second-order valence-electron chi connectivity index (χ2n) is 5.41. The van der Waals surface area contributed by atoms with Gasteiger partial charge in [0.25, 0.3) is 0 Å². The Labute approximate surface area is 116 Å². The number of anilines is 2. The van der Waals surface area contributed by atoms with Crippen molar-refractivity contribution in [3.8, 4) is 0 Å². The molecule has 1 aliphatic rings. The predicted octanol–water partition coefficient (Wildman–Crippen LogP) is 2.76. The fraction of sp³-hybridized carbons (Fsp3) is 0.667. The summed E-state index contributed by atoms with van der Waals surface area (Å²) in [6.45, 7) is 10.2. The molecule has 1 aromatic heterocycles. The summed E-state index contributed by atoms with van der Waals surface area (Å²) in [7, 11) is 0. The van der Waals surface area contributed by atoms with Crippen LogP contribution in [0.3, 0.4) is 0 Å². The Morgan fingerprint density at radius 1 is 1.32 bits per heavy atom. The van der Waals surface area contributed by atoms with Crippen LogP contribution in [0.5, 0.6) is 0 Å². The van der Waals surface area contributed by atoms with Crippen LogP contribution in [0.15, 0.2) is 18.3 Å². The van der Waals surface area contributed by atoms with Gasteiger partial charge in [0.15, 0.2) is 0 Å². The molecule has 0 radical (unpaired) electrons. The van der Waals surface area contributed by atoms with E-state index in [1.165, 1.54) is 0 Å². The van der Waals surface area contributed by atoms with E-state index >= 15 is 0 Å². The monoisotopic (exact) mass is 263 g/mol. The summed E-state index contributed by atoms with van der Waals surface area (Å²) in [4.78, 5) is 6.83. The number of nitrogens with one attached hydrogen (secondary N) is 1. The molecule has 19 heavy (non-hydrogen) atoms. The highest BCUT2D eigenvalue weighted by Gasteiger charge is 2.13. The molecule has 1 unspecified atom stereocenters. The van der Waals surface area contributed by atoms with E-state index in [-0.39, 0.29) is 0 Å². The Kier molecular flexibility index (Phi) is 5.02. The van der Waals surface area contributed by atoms with Crippen LogP contribution in [0.1, 0.15) is 27.2 Å². The summed E-state index contributed by atoms with van der Waals surface area (Å²) in [5, 5.41) is 3.55. The van der Waals surface area contributed by atoms with Crippen molar-refractivity contribution in [2.75, 3.05) is 36.5 Å². The smallest absolute Gasteiger partial charge is 0.128 e. The molecule has 0 aromatic carbocycles. The Morgan fingerprint density at radius 2 is 2.05 bits per heavy atom. The third-order valence-corrected chi connectivity index (χ3v) is 3.68. The van der Waals surface area contributed by atoms with Gasteiger partial charge in [-0.3, -0.25) is 0 Å². The molecule has 0 spiro atoms. The minimum Gasteiger partial charge on any atom is -0.381 e. The van der Waals surface area contributed by atoms with Crippen molar-refractivity contribution < 1.29 is 4.74 Å². The third-order valence-electron chi connectivity index (χ3n) is 3.68. The Hall–Kier alpha value is -1.29. The van der Waals surface area contributed by atoms with Gasteiger partial charge in [0, 0.05) is 19.1 Å². The van der Waals surface area contributed by atoms with Crippen LogP contribution in [-0.2, 0) is 4.74 Å². The highest BCUT2D eigenvalue weighted by atomic mass is 16.5. The normalized spacial score (nSPS) is 17.6. The molecule has 1 atom stereocenters. The van der Waals surface area contributed by atoms with Crippen LogP contribution in [-0.4, -0.2) is 37.3 Å². The van der Waals surface area contributed by atoms with Crippen LogP contribution < -0.4 is 10.2 Å². The molecule has 1 saturated heterocycles. The molecule has 0 bridgehead atoms. The summed E-state index contributed by atoms with van der Waals surface area (Å²) >= 11 is 0. The van der Waals surface area contributed by atoms with Crippen molar-refractivity contribution in [3.05, 3.63) is 18.3 Å². The summed E-state index contributed by atoms with van der Waals surface area (Å²) in [6, 6.07) is 4.74. The van der Waals surface area contributed by atoms with Crippen LogP contribution in [0, 0.1) is 5.92 Å². The van der Waals surface area contributed by atoms with Crippen LogP contribution in [0.25, 0.3) is 0 Å². The summed E-state index contributed by atoms with van der Waals surface area (Å²) in [5.41, 5.74) is 1.11. The Balaban J connectivity index is 1.97. The number of aromatic nitrogens is 1. The lowest BCUT2D eigenvalue weighted by molar-refractivity contribution is 0.122. The standard InChI is InChI=1S/C15H25N3O/c1-4-14(12(2)3)17-13-5-6-15(16-11-13)18-7-9-19-10-8-18/h5-6,11-12,14,17H,4,7-10H2,1-3H3. The van der Waals surface area contributed by atoms with Crippen molar-refractivity contribution in [3.63, 3.8) is 0 Å². The van der Waals surface area contributed by atoms with Crippen LogP contribution >= 0.6 is 0 Å². The lowest BCUT2D eigenvalue weighted by Crippen LogP contribution is -2.36. The Bertz CT molecular complexity index is 371. The first-order chi connectivity index (χ1) is 9.20. The van der Waals surface area contributed by atoms with E-state index in [9.17, 15) is 0 Å². The first-order valence-electron chi connectivity index (χ1n) is 7.26. The maximum absolute atomic E-state index is 5.36. The largest absolute Gasteiger partial charge is 0.381 e. The summed E-state index contributed by atoms with van der Waals surface area (Å²) in [6.07, 6.45) is 3.07. The van der Waals surface area contributed by atoms with Gasteiger partial charge in [-0.1, -0.05) is 20.8 Å². The van der Waals surface area contributed by atoms with Gasteiger partial charge in [-0.15, -0.1) is 0 Å². The zero-order valence-electron chi connectivity index (χ0n) is 12.2. The first kappa shape index (κ1) is 14.1. The average molecular weight is 263 g/mol. The first-order valence-corrected chi connectivity index (χ1v) is 7.26. The molecule has 2 heterocycles. The summed E-state index contributed by atoms with van der Waals surface area (Å²) in [5.74, 6) is 1.68. The number of hydrogen-bond donors (Lipinski definition) is 1. The number of pyridine rings is 1. The predicted molar refractivity (Wildman–Crippen MR) is 79.8 cm³/mol. The molecule has 106 valence electrons. The fourth-order valence-electron chi connectivity index (χ4n) is 2.41. The SMILES string of the molecule is CCC(Nc1ccc(N2CCOCC2)nc1)C(C)C. The Morgan fingerprint density at radius 3 is 2.58 bits per heavy atom. The zero-order chi connectivity index (χ0) is 13.7. The third kappa shape index (κ3) is 3.83. The lowest BCUT2D eigenvalue weighted by atomic mass is 10.0. The second-order valence-corrected chi connectivity index (χ2v) is 5.41. The number of rotatable bonds is 5. The van der Waals surface area contributed by atoms with Crippen molar-refractivity contribution in [2.24, 2.45) is 5.92 Å². The van der Waals surface area contributed by atoms with Crippen molar-refractivity contribution in [1.82, 2.24) is 4.98 Å². The van der Waals surface area contributed by atoms with Crippen LogP contribution in [0.2, 0.25) is 0 Å². The fourth-order valence-corrected chi connectivity index (χ4v) is 2.41. The summed E-state index contributed by atoms with van der Waals surface area (Å²) < 4.78 is 5.36. The van der Waals surface area contributed by atoms with E-state index in [4.69, 9.17) is 4.74 Å². The molecule has 1 aromatic rings. The lowest BCUT2D eigenvalue weighted by Gasteiger charge is -2.28. The molecule has 0 aliphatic carbocycles. The van der Waals surface area contributed by atoms with E-state index in [1.807, 2.05) is 6.20 Å². The van der Waals surface area contributed by atoms with Gasteiger partial charge in [-0.05, 0) is 24.5 Å². The topological polar surface area (TPSA) is 37.4 Å². The van der Waals surface area contributed by atoms with Gasteiger partial charge in [-0.25, -0.2) is 4.98 Å². The number of ether oxygens (including phenoxy) is 1. The number of hydrogen-bond acceptors (Lipinski definition) is 4. The van der Waals surface area contributed by atoms with Gasteiger partial charge in [0.05, 0.1) is 25.1 Å². The molecule has 2 rings (SSSR count). The van der Waals surface area contributed by atoms with E-state index in [1.54, 1.807) is 0 Å².